The first kappa shape index (κ1) is 12.3. The van der Waals surface area contributed by atoms with Crippen molar-refractivity contribution in [3.05, 3.63) is 24.3 Å². The third-order valence-electron chi connectivity index (χ3n) is 1.69. The fourth-order valence-corrected chi connectivity index (χ4v) is 1.07. The van der Waals surface area contributed by atoms with Crippen LogP contribution in [-0.2, 0) is 0 Å². The highest BCUT2D eigenvalue weighted by molar-refractivity contribution is 6.33. The monoisotopic (exact) mass is 224 g/mol. The summed E-state index contributed by atoms with van der Waals surface area (Å²) in [6.07, 6.45) is 0. The van der Waals surface area contributed by atoms with Gasteiger partial charge in [0.05, 0.1) is 0 Å². The maximum absolute atomic E-state index is 11.1. The quantitative estimate of drug-likeness (QED) is 0.549. The number of rotatable bonds is 4. The predicted molar refractivity (Wildman–Crippen MR) is 60.0 cm³/mol. The van der Waals surface area contributed by atoms with E-state index >= 15 is 0 Å². The predicted octanol–water partition coefficient (Wildman–Crippen LogP) is 0.176. The molecule has 0 unspecified atom stereocenters. The van der Waals surface area contributed by atoms with Crippen molar-refractivity contribution in [1.29, 1.82) is 0 Å². The Kier molecular flexibility index (Phi) is 4.62. The van der Waals surface area contributed by atoms with Crippen LogP contribution in [0.25, 0.3) is 0 Å². The van der Waals surface area contributed by atoms with Crippen molar-refractivity contribution in [2.75, 3.05) is 11.9 Å². The van der Waals surface area contributed by atoms with Gasteiger partial charge in [0.1, 0.15) is 5.75 Å². The summed E-state index contributed by atoms with van der Waals surface area (Å²) in [5, 5.41) is 22.3. The number of amides is 2. The molecule has 0 atom stereocenters. The lowest BCUT2D eigenvalue weighted by molar-refractivity contribution is 0.252. The fourth-order valence-electron chi connectivity index (χ4n) is 1.07. The second-order valence-corrected chi connectivity index (χ2v) is 2.95. The summed E-state index contributed by atoms with van der Waals surface area (Å²) in [4.78, 5) is 11.1. The lowest BCUT2D eigenvalue weighted by atomic mass is 10.2. The zero-order chi connectivity index (χ0) is 12.0. The van der Waals surface area contributed by atoms with Crippen LogP contribution in [0.1, 0.15) is 6.92 Å². The largest absolute Gasteiger partial charge is 0.707 e. The molecule has 0 heterocycles. The first-order valence-electron chi connectivity index (χ1n) is 4.79. The van der Waals surface area contributed by atoms with Crippen LogP contribution in [0, 0.1) is 0 Å². The Morgan fingerprint density at radius 1 is 1.38 bits per heavy atom. The maximum Gasteiger partial charge on any atom is 0.707 e. The van der Waals surface area contributed by atoms with Crippen molar-refractivity contribution in [1.82, 2.24) is 5.32 Å². The normalized spacial score (nSPS) is 9.44. The molecular weight excluding hydrogens is 211 g/mol. The number of benzene rings is 1. The molecule has 6 nitrogen and oxygen atoms in total. The number of nitrogens with one attached hydrogen (secondary N) is 2. The highest BCUT2D eigenvalue weighted by Gasteiger charge is 2.10. The minimum atomic E-state index is -1.85. The molecule has 0 saturated carbocycles. The summed E-state index contributed by atoms with van der Waals surface area (Å²) < 4.78 is 4.60. The van der Waals surface area contributed by atoms with E-state index in [2.05, 4.69) is 15.3 Å². The fraction of sp³-hybridized carbons (Fsp3) is 0.222. The van der Waals surface area contributed by atoms with Crippen molar-refractivity contribution < 1.29 is 19.5 Å². The third kappa shape index (κ3) is 4.20. The average Bonchev–Trinajstić information content (AvgIpc) is 2.20. The van der Waals surface area contributed by atoms with E-state index in [0.29, 0.717) is 18.0 Å². The van der Waals surface area contributed by atoms with Crippen LogP contribution in [0.4, 0.5) is 10.5 Å². The molecule has 1 aromatic carbocycles. The molecule has 0 fully saturated rings. The SMILES string of the molecule is CCNC(=O)Nc1ccc(OB(O)O)cc1. The van der Waals surface area contributed by atoms with Gasteiger partial charge in [-0.1, -0.05) is 0 Å². The van der Waals surface area contributed by atoms with E-state index in [1.807, 2.05) is 6.92 Å². The minimum absolute atomic E-state index is 0.293. The number of urea groups is 1. The van der Waals surface area contributed by atoms with Gasteiger partial charge in [-0.05, 0) is 31.2 Å². The van der Waals surface area contributed by atoms with Crippen molar-refractivity contribution in [3.63, 3.8) is 0 Å². The van der Waals surface area contributed by atoms with Crippen molar-refractivity contribution >= 4 is 19.0 Å². The van der Waals surface area contributed by atoms with E-state index in [0.717, 1.165) is 0 Å². The van der Waals surface area contributed by atoms with Gasteiger partial charge in [0, 0.05) is 12.2 Å². The molecule has 86 valence electrons. The maximum atomic E-state index is 11.1. The molecule has 2 amide bonds. The van der Waals surface area contributed by atoms with Crippen molar-refractivity contribution in [2.24, 2.45) is 0 Å². The van der Waals surface area contributed by atoms with E-state index in [-0.39, 0.29) is 6.03 Å². The highest BCUT2D eigenvalue weighted by atomic mass is 16.6. The van der Waals surface area contributed by atoms with Crippen LogP contribution in [0.5, 0.6) is 5.75 Å². The van der Waals surface area contributed by atoms with Crippen LogP contribution < -0.4 is 15.3 Å². The summed E-state index contributed by atoms with van der Waals surface area (Å²) in [7, 11) is -1.85. The van der Waals surface area contributed by atoms with Gasteiger partial charge in [0.25, 0.3) is 0 Å². The van der Waals surface area contributed by atoms with E-state index in [4.69, 9.17) is 10.0 Å². The molecule has 1 aromatic rings. The number of anilines is 1. The summed E-state index contributed by atoms with van der Waals surface area (Å²) in [5.41, 5.74) is 0.589. The standard InChI is InChI=1S/C9H13BN2O4/c1-2-11-9(13)12-7-3-5-8(6-4-7)16-10(14)15/h3-6,14-15H,2H2,1H3,(H2,11,12,13). The Hall–Kier alpha value is -1.73. The molecular formula is C9H13BN2O4. The van der Waals surface area contributed by atoms with Gasteiger partial charge in [-0.25, -0.2) is 4.79 Å². The molecule has 0 bridgehead atoms. The summed E-state index contributed by atoms with van der Waals surface area (Å²) in [6.45, 7) is 2.36. The Morgan fingerprint density at radius 2 is 2.00 bits per heavy atom. The van der Waals surface area contributed by atoms with Gasteiger partial charge in [-0.15, -0.1) is 0 Å². The molecule has 7 heteroatoms. The molecule has 16 heavy (non-hydrogen) atoms. The number of hydrogen-bond donors (Lipinski definition) is 4. The van der Waals surface area contributed by atoms with Gasteiger partial charge < -0.3 is 25.3 Å². The number of carbonyl (C=O) groups excluding carboxylic acids is 1. The van der Waals surface area contributed by atoms with E-state index in [1.165, 1.54) is 12.1 Å². The Labute approximate surface area is 93.4 Å². The van der Waals surface area contributed by atoms with E-state index < -0.39 is 7.32 Å². The van der Waals surface area contributed by atoms with Gasteiger partial charge in [-0.2, -0.15) is 0 Å². The van der Waals surface area contributed by atoms with Gasteiger partial charge in [-0.3, -0.25) is 0 Å². The molecule has 1 rings (SSSR count). The molecule has 0 aliphatic rings. The molecule has 0 aromatic heterocycles. The van der Waals surface area contributed by atoms with Gasteiger partial charge in [0.15, 0.2) is 0 Å². The van der Waals surface area contributed by atoms with E-state index in [1.54, 1.807) is 12.1 Å². The second kappa shape index (κ2) is 5.99. The zero-order valence-electron chi connectivity index (χ0n) is 8.80. The molecule has 0 aliphatic heterocycles. The Morgan fingerprint density at radius 3 is 2.50 bits per heavy atom. The molecule has 0 radical (unpaired) electrons. The van der Waals surface area contributed by atoms with E-state index in [9.17, 15) is 4.79 Å². The summed E-state index contributed by atoms with van der Waals surface area (Å²) in [6, 6.07) is 5.92. The third-order valence-corrected chi connectivity index (χ3v) is 1.69. The van der Waals surface area contributed by atoms with Gasteiger partial charge >= 0.3 is 13.4 Å². The first-order chi connectivity index (χ1) is 7.61. The Bertz CT molecular complexity index is 342. The first-order valence-corrected chi connectivity index (χ1v) is 4.79. The van der Waals surface area contributed by atoms with Crippen LogP contribution >= 0.6 is 0 Å². The number of carbonyl (C=O) groups is 1. The van der Waals surface area contributed by atoms with Crippen LogP contribution in [0.2, 0.25) is 0 Å². The lowest BCUT2D eigenvalue weighted by Crippen LogP contribution is -2.28. The summed E-state index contributed by atoms with van der Waals surface area (Å²) >= 11 is 0. The summed E-state index contributed by atoms with van der Waals surface area (Å²) in [5.74, 6) is 0.302. The zero-order valence-corrected chi connectivity index (χ0v) is 8.80. The van der Waals surface area contributed by atoms with Crippen LogP contribution in [-0.4, -0.2) is 29.9 Å². The minimum Gasteiger partial charge on any atom is -0.512 e. The smallest absolute Gasteiger partial charge is 0.512 e. The topological polar surface area (TPSA) is 90.8 Å². The van der Waals surface area contributed by atoms with Crippen LogP contribution in [0.15, 0.2) is 24.3 Å². The Balaban J connectivity index is 2.54. The lowest BCUT2D eigenvalue weighted by Gasteiger charge is -2.07. The molecule has 0 aliphatic carbocycles. The van der Waals surface area contributed by atoms with Crippen LogP contribution in [0.3, 0.4) is 0 Å². The molecule has 4 N–H and O–H groups in total. The molecule has 0 spiro atoms. The average molecular weight is 224 g/mol. The van der Waals surface area contributed by atoms with Gasteiger partial charge in [0.2, 0.25) is 0 Å². The van der Waals surface area contributed by atoms with Crippen molar-refractivity contribution in [2.45, 2.75) is 6.92 Å². The molecule has 0 saturated heterocycles. The second-order valence-electron chi connectivity index (χ2n) is 2.95. The highest BCUT2D eigenvalue weighted by Crippen LogP contribution is 2.15. The number of hydrogen-bond acceptors (Lipinski definition) is 4. The van der Waals surface area contributed by atoms with Crippen molar-refractivity contribution in [3.8, 4) is 5.75 Å².